The van der Waals surface area contributed by atoms with Crippen molar-refractivity contribution in [1.29, 1.82) is 0 Å². The summed E-state index contributed by atoms with van der Waals surface area (Å²) in [5, 5.41) is 9.02. The van der Waals surface area contributed by atoms with Gasteiger partial charge in [0.25, 0.3) is 0 Å². The first-order valence-electron chi connectivity index (χ1n) is 6.20. The van der Waals surface area contributed by atoms with Gasteiger partial charge in [-0.1, -0.05) is 6.07 Å². The molecule has 1 heterocycles. The Balaban J connectivity index is 1.85. The summed E-state index contributed by atoms with van der Waals surface area (Å²) in [6.07, 6.45) is 2.13. The molecular weight excluding hydrogens is 230 g/mol. The SMILES string of the molecule is COc1cccc(NC(=O)N[C@@H]2CCCNC2)c1. The zero-order valence-electron chi connectivity index (χ0n) is 10.5. The monoisotopic (exact) mass is 249 g/mol. The molecule has 5 heteroatoms. The Hall–Kier alpha value is -1.75. The van der Waals surface area contributed by atoms with E-state index >= 15 is 0 Å². The molecule has 18 heavy (non-hydrogen) atoms. The lowest BCUT2D eigenvalue weighted by Crippen LogP contribution is -2.47. The molecule has 2 rings (SSSR count). The van der Waals surface area contributed by atoms with Gasteiger partial charge in [0.05, 0.1) is 7.11 Å². The molecule has 3 N–H and O–H groups in total. The van der Waals surface area contributed by atoms with Gasteiger partial charge >= 0.3 is 6.03 Å². The van der Waals surface area contributed by atoms with Crippen LogP contribution in [0.4, 0.5) is 10.5 Å². The lowest BCUT2D eigenvalue weighted by Gasteiger charge is -2.23. The van der Waals surface area contributed by atoms with Crippen molar-refractivity contribution < 1.29 is 9.53 Å². The Bertz CT molecular complexity index is 403. The predicted octanol–water partition coefficient (Wildman–Crippen LogP) is 1.57. The van der Waals surface area contributed by atoms with E-state index in [9.17, 15) is 4.79 Å². The van der Waals surface area contributed by atoms with Gasteiger partial charge in [0.2, 0.25) is 0 Å². The van der Waals surface area contributed by atoms with Crippen molar-refractivity contribution in [2.24, 2.45) is 0 Å². The summed E-state index contributed by atoms with van der Waals surface area (Å²) in [5.41, 5.74) is 0.732. The van der Waals surface area contributed by atoms with Crippen LogP contribution in [0.3, 0.4) is 0 Å². The fourth-order valence-electron chi connectivity index (χ4n) is 2.03. The van der Waals surface area contributed by atoms with Gasteiger partial charge in [0.1, 0.15) is 5.75 Å². The molecule has 0 unspecified atom stereocenters. The van der Waals surface area contributed by atoms with E-state index in [4.69, 9.17) is 4.74 Å². The van der Waals surface area contributed by atoms with Gasteiger partial charge in [-0.15, -0.1) is 0 Å². The van der Waals surface area contributed by atoms with E-state index in [1.54, 1.807) is 13.2 Å². The van der Waals surface area contributed by atoms with Crippen molar-refractivity contribution in [3.8, 4) is 5.75 Å². The molecule has 5 nitrogen and oxygen atoms in total. The third-order valence-corrected chi connectivity index (χ3v) is 2.96. The molecule has 1 aromatic rings. The van der Waals surface area contributed by atoms with Crippen molar-refractivity contribution in [2.45, 2.75) is 18.9 Å². The number of hydrogen-bond donors (Lipinski definition) is 3. The molecule has 0 bridgehead atoms. The molecule has 98 valence electrons. The molecule has 2 amide bonds. The first-order chi connectivity index (χ1) is 8.78. The number of nitrogens with one attached hydrogen (secondary N) is 3. The van der Waals surface area contributed by atoms with Crippen molar-refractivity contribution in [3.63, 3.8) is 0 Å². The zero-order chi connectivity index (χ0) is 12.8. The van der Waals surface area contributed by atoms with Gasteiger partial charge in [-0.25, -0.2) is 4.79 Å². The van der Waals surface area contributed by atoms with E-state index in [1.165, 1.54) is 0 Å². The Morgan fingerprint density at radius 1 is 1.50 bits per heavy atom. The quantitative estimate of drug-likeness (QED) is 0.762. The van der Waals surface area contributed by atoms with Crippen LogP contribution in [0, 0.1) is 0 Å². The van der Waals surface area contributed by atoms with E-state index in [0.29, 0.717) is 0 Å². The fraction of sp³-hybridized carbons (Fsp3) is 0.462. The van der Waals surface area contributed by atoms with Crippen LogP contribution in [0.2, 0.25) is 0 Å². The summed E-state index contributed by atoms with van der Waals surface area (Å²) < 4.78 is 5.10. The van der Waals surface area contributed by atoms with Crippen LogP contribution in [-0.4, -0.2) is 32.3 Å². The number of hydrogen-bond acceptors (Lipinski definition) is 3. The molecule has 1 aliphatic heterocycles. The Morgan fingerprint density at radius 2 is 2.39 bits per heavy atom. The highest BCUT2D eigenvalue weighted by molar-refractivity contribution is 5.89. The minimum atomic E-state index is -0.169. The Morgan fingerprint density at radius 3 is 3.11 bits per heavy atom. The fourth-order valence-corrected chi connectivity index (χ4v) is 2.03. The van der Waals surface area contributed by atoms with Crippen molar-refractivity contribution in [2.75, 3.05) is 25.5 Å². The van der Waals surface area contributed by atoms with Crippen molar-refractivity contribution in [1.82, 2.24) is 10.6 Å². The minimum absolute atomic E-state index is 0.169. The van der Waals surface area contributed by atoms with Crippen LogP contribution in [0.5, 0.6) is 5.75 Å². The second-order valence-electron chi connectivity index (χ2n) is 4.37. The van der Waals surface area contributed by atoms with E-state index < -0.39 is 0 Å². The van der Waals surface area contributed by atoms with Gasteiger partial charge < -0.3 is 20.7 Å². The summed E-state index contributed by atoms with van der Waals surface area (Å²) in [7, 11) is 1.60. The third kappa shape index (κ3) is 3.63. The molecule has 0 spiro atoms. The van der Waals surface area contributed by atoms with Crippen LogP contribution in [0.25, 0.3) is 0 Å². The lowest BCUT2D eigenvalue weighted by molar-refractivity contribution is 0.245. The Labute approximate surface area is 107 Å². The largest absolute Gasteiger partial charge is 0.497 e. The Kier molecular flexibility index (Phi) is 4.41. The maximum absolute atomic E-state index is 11.8. The number of amides is 2. The maximum Gasteiger partial charge on any atom is 0.319 e. The minimum Gasteiger partial charge on any atom is -0.497 e. The standard InChI is InChI=1S/C13H19N3O2/c1-18-12-6-2-4-10(8-12)15-13(17)16-11-5-3-7-14-9-11/h2,4,6,8,11,14H,3,5,7,9H2,1H3,(H2,15,16,17)/t11-/m1/s1. The second-order valence-corrected chi connectivity index (χ2v) is 4.37. The topological polar surface area (TPSA) is 62.4 Å². The highest BCUT2D eigenvalue weighted by Crippen LogP contribution is 2.16. The van der Waals surface area contributed by atoms with E-state index in [-0.39, 0.29) is 12.1 Å². The van der Waals surface area contributed by atoms with Crippen LogP contribution in [0.15, 0.2) is 24.3 Å². The van der Waals surface area contributed by atoms with E-state index in [1.807, 2.05) is 18.2 Å². The van der Waals surface area contributed by atoms with Gasteiger partial charge in [-0.05, 0) is 31.5 Å². The number of anilines is 1. The number of ether oxygens (including phenoxy) is 1. The van der Waals surface area contributed by atoms with Crippen molar-refractivity contribution in [3.05, 3.63) is 24.3 Å². The number of benzene rings is 1. The highest BCUT2D eigenvalue weighted by Gasteiger charge is 2.15. The molecule has 0 aliphatic carbocycles. The first-order valence-corrected chi connectivity index (χ1v) is 6.20. The predicted molar refractivity (Wildman–Crippen MR) is 71.0 cm³/mol. The normalized spacial score (nSPS) is 19.1. The molecule has 1 saturated heterocycles. The summed E-state index contributed by atoms with van der Waals surface area (Å²) in [4.78, 5) is 11.8. The summed E-state index contributed by atoms with van der Waals surface area (Å²) in [6.45, 7) is 1.88. The summed E-state index contributed by atoms with van der Waals surface area (Å²) in [6, 6.07) is 7.35. The smallest absolute Gasteiger partial charge is 0.319 e. The molecule has 0 aromatic heterocycles. The second kappa shape index (κ2) is 6.26. The molecule has 0 saturated carbocycles. The van der Waals surface area contributed by atoms with Gasteiger partial charge in [-0.3, -0.25) is 0 Å². The zero-order valence-corrected chi connectivity index (χ0v) is 10.5. The van der Waals surface area contributed by atoms with Crippen LogP contribution >= 0.6 is 0 Å². The third-order valence-electron chi connectivity index (χ3n) is 2.96. The van der Waals surface area contributed by atoms with Crippen LogP contribution in [-0.2, 0) is 0 Å². The average molecular weight is 249 g/mol. The van der Waals surface area contributed by atoms with E-state index in [0.717, 1.165) is 37.4 Å². The molecule has 0 radical (unpaired) electrons. The summed E-state index contributed by atoms with van der Waals surface area (Å²) >= 11 is 0. The number of urea groups is 1. The number of carbonyl (C=O) groups excluding carboxylic acids is 1. The maximum atomic E-state index is 11.8. The molecule has 1 fully saturated rings. The first kappa shape index (κ1) is 12.7. The molecular formula is C13H19N3O2. The number of carbonyl (C=O) groups is 1. The highest BCUT2D eigenvalue weighted by atomic mass is 16.5. The van der Waals surface area contributed by atoms with Crippen LogP contribution in [0.1, 0.15) is 12.8 Å². The molecule has 1 aromatic carbocycles. The molecule has 1 aliphatic rings. The number of piperidine rings is 1. The van der Waals surface area contributed by atoms with Crippen LogP contribution < -0.4 is 20.7 Å². The lowest BCUT2D eigenvalue weighted by atomic mass is 10.1. The average Bonchev–Trinajstić information content (AvgIpc) is 2.40. The number of rotatable bonds is 3. The van der Waals surface area contributed by atoms with Gasteiger partial charge in [0, 0.05) is 24.3 Å². The van der Waals surface area contributed by atoms with Crippen molar-refractivity contribution >= 4 is 11.7 Å². The summed E-state index contributed by atoms with van der Waals surface area (Å²) in [5.74, 6) is 0.729. The van der Waals surface area contributed by atoms with Gasteiger partial charge in [-0.2, -0.15) is 0 Å². The number of methoxy groups -OCH3 is 1. The van der Waals surface area contributed by atoms with Gasteiger partial charge in [0.15, 0.2) is 0 Å². The van der Waals surface area contributed by atoms with E-state index in [2.05, 4.69) is 16.0 Å². The molecule has 1 atom stereocenters.